The fraction of sp³-hybridized carbons (Fsp3) is 0.500. The molecule has 0 unspecified atom stereocenters. The van der Waals surface area contributed by atoms with Gasteiger partial charge in [-0.15, -0.1) is 0 Å². The van der Waals surface area contributed by atoms with Crippen LogP contribution >= 0.6 is 11.8 Å². The summed E-state index contributed by atoms with van der Waals surface area (Å²) in [5.41, 5.74) is 3.27. The molecule has 2 fully saturated rings. The van der Waals surface area contributed by atoms with Crippen molar-refractivity contribution in [3.8, 4) is 0 Å². The summed E-state index contributed by atoms with van der Waals surface area (Å²) in [5.74, 6) is 1.97. The number of rotatable bonds is 4. The minimum Gasteiger partial charge on any atom is -0.377 e. The smallest absolute Gasteiger partial charge is 0.252 e. The zero-order chi connectivity index (χ0) is 22.8. The molecule has 2 saturated heterocycles. The zero-order valence-corrected chi connectivity index (χ0v) is 19.8. The second kappa shape index (κ2) is 10.1. The average Bonchev–Trinajstić information content (AvgIpc) is 2.88. The molecule has 33 heavy (non-hydrogen) atoms. The Morgan fingerprint density at radius 2 is 1.85 bits per heavy atom. The van der Waals surface area contributed by atoms with Gasteiger partial charge in [0.2, 0.25) is 0 Å². The van der Waals surface area contributed by atoms with Gasteiger partial charge in [0.1, 0.15) is 11.9 Å². The molecule has 0 N–H and O–H groups in total. The Hall–Kier alpha value is -1.93. The molecule has 3 aliphatic heterocycles. The quantitative estimate of drug-likeness (QED) is 0.684. The van der Waals surface area contributed by atoms with E-state index in [4.69, 9.17) is 9.47 Å². The number of amides is 1. The number of thioether (sulfide) groups is 1. The first-order valence-electron chi connectivity index (χ1n) is 11.8. The normalized spacial score (nSPS) is 28.4. The van der Waals surface area contributed by atoms with Crippen LogP contribution < -0.4 is 0 Å². The molecule has 3 aliphatic rings. The standard InChI is InChI=1S/C26H31FN2O3S/c1-31-24-17-32-23(16-22(24)28-12-14-33-15-13-28)26(30)29-11-10-18-4-2-3-5-21(18)25(29)19-6-8-20(27)9-7-19/h2-9,22-25H,10-17H2,1H3/t22-,23+,24-,25-/m0/s1. The summed E-state index contributed by atoms with van der Waals surface area (Å²) in [7, 11) is 1.73. The van der Waals surface area contributed by atoms with E-state index in [1.165, 1.54) is 17.7 Å². The van der Waals surface area contributed by atoms with Crippen molar-refractivity contribution in [2.45, 2.75) is 37.1 Å². The van der Waals surface area contributed by atoms with Crippen molar-refractivity contribution in [1.82, 2.24) is 9.80 Å². The van der Waals surface area contributed by atoms with E-state index in [9.17, 15) is 9.18 Å². The first-order valence-corrected chi connectivity index (χ1v) is 12.9. The minimum atomic E-state index is -0.496. The van der Waals surface area contributed by atoms with Crippen molar-refractivity contribution in [1.29, 1.82) is 0 Å². The molecule has 0 radical (unpaired) electrons. The third-order valence-corrected chi connectivity index (χ3v) is 8.13. The van der Waals surface area contributed by atoms with Crippen molar-refractivity contribution in [3.63, 3.8) is 0 Å². The Bertz CT molecular complexity index is 966. The third-order valence-electron chi connectivity index (χ3n) is 7.19. The highest BCUT2D eigenvalue weighted by molar-refractivity contribution is 7.99. The highest BCUT2D eigenvalue weighted by Crippen LogP contribution is 2.37. The van der Waals surface area contributed by atoms with Gasteiger partial charge in [-0.3, -0.25) is 9.69 Å². The molecule has 0 aromatic heterocycles. The van der Waals surface area contributed by atoms with Crippen LogP contribution in [0.1, 0.15) is 29.2 Å². The predicted molar refractivity (Wildman–Crippen MR) is 128 cm³/mol. The Morgan fingerprint density at radius 3 is 2.61 bits per heavy atom. The van der Waals surface area contributed by atoms with Gasteiger partial charge in [0.25, 0.3) is 5.91 Å². The van der Waals surface area contributed by atoms with Gasteiger partial charge >= 0.3 is 0 Å². The van der Waals surface area contributed by atoms with Gasteiger partial charge in [-0.05, 0) is 35.2 Å². The maximum Gasteiger partial charge on any atom is 0.252 e. The van der Waals surface area contributed by atoms with Gasteiger partial charge in [-0.1, -0.05) is 36.4 Å². The number of nitrogens with zero attached hydrogens (tertiary/aromatic N) is 2. The number of methoxy groups -OCH3 is 1. The van der Waals surface area contributed by atoms with E-state index < -0.39 is 6.10 Å². The summed E-state index contributed by atoms with van der Waals surface area (Å²) in [5, 5.41) is 0. The van der Waals surface area contributed by atoms with Gasteiger partial charge in [0, 0.05) is 50.7 Å². The molecule has 0 bridgehead atoms. The van der Waals surface area contributed by atoms with Crippen molar-refractivity contribution in [2.24, 2.45) is 0 Å². The molecule has 3 heterocycles. The van der Waals surface area contributed by atoms with Crippen LogP contribution in [0.15, 0.2) is 48.5 Å². The second-order valence-corrected chi connectivity index (χ2v) is 10.2. The molecule has 4 atom stereocenters. The SMILES string of the molecule is CO[C@H]1CO[C@@H](C(=O)N2CCc3ccccc3[C@@H]2c2ccc(F)cc2)C[C@@H]1N1CCSCC1. The maximum absolute atomic E-state index is 13.9. The van der Waals surface area contributed by atoms with Crippen LogP contribution in [-0.2, 0) is 20.7 Å². The first kappa shape index (κ1) is 22.8. The highest BCUT2D eigenvalue weighted by Gasteiger charge is 2.42. The highest BCUT2D eigenvalue weighted by atomic mass is 32.2. The summed E-state index contributed by atoms with van der Waals surface area (Å²) in [6.45, 7) is 3.08. The Kier molecular flexibility index (Phi) is 7.02. The molecule has 2 aromatic carbocycles. The van der Waals surface area contributed by atoms with Crippen LogP contribution in [0.25, 0.3) is 0 Å². The number of carbonyl (C=O) groups excluding carboxylic acids is 1. The van der Waals surface area contributed by atoms with Gasteiger partial charge in [0.15, 0.2) is 0 Å². The fourth-order valence-electron chi connectivity index (χ4n) is 5.45. The zero-order valence-electron chi connectivity index (χ0n) is 19.0. The summed E-state index contributed by atoms with van der Waals surface area (Å²) >= 11 is 1.98. The van der Waals surface area contributed by atoms with E-state index >= 15 is 0 Å². The molecule has 7 heteroatoms. The van der Waals surface area contributed by atoms with E-state index in [0.717, 1.165) is 42.1 Å². The number of carbonyl (C=O) groups is 1. The van der Waals surface area contributed by atoms with Crippen LogP contribution in [0, 0.1) is 5.82 Å². The summed E-state index contributed by atoms with van der Waals surface area (Å²) in [6, 6.07) is 14.7. The van der Waals surface area contributed by atoms with Crippen molar-refractivity contribution in [2.75, 3.05) is 44.9 Å². The van der Waals surface area contributed by atoms with Gasteiger partial charge in [-0.2, -0.15) is 11.8 Å². The van der Waals surface area contributed by atoms with Crippen LogP contribution in [-0.4, -0.2) is 78.8 Å². The molecule has 5 rings (SSSR count). The van der Waals surface area contributed by atoms with E-state index in [1.807, 2.05) is 28.8 Å². The molecule has 0 saturated carbocycles. The van der Waals surface area contributed by atoms with Crippen LogP contribution in [0.2, 0.25) is 0 Å². The minimum absolute atomic E-state index is 0.0183. The third kappa shape index (κ3) is 4.69. The van der Waals surface area contributed by atoms with Crippen molar-refractivity contribution < 1.29 is 18.7 Å². The topological polar surface area (TPSA) is 42.0 Å². The van der Waals surface area contributed by atoms with Crippen LogP contribution in [0.3, 0.4) is 0 Å². The maximum atomic E-state index is 13.9. The van der Waals surface area contributed by atoms with Gasteiger partial charge in [0.05, 0.1) is 18.8 Å². The lowest BCUT2D eigenvalue weighted by atomic mass is 9.87. The Morgan fingerprint density at radius 1 is 1.09 bits per heavy atom. The number of benzene rings is 2. The van der Waals surface area contributed by atoms with E-state index in [-0.39, 0.29) is 29.9 Å². The number of ether oxygens (including phenoxy) is 2. The van der Waals surface area contributed by atoms with Crippen molar-refractivity contribution >= 4 is 17.7 Å². The number of hydrogen-bond donors (Lipinski definition) is 0. The molecule has 2 aromatic rings. The molecule has 1 amide bonds. The predicted octanol–water partition coefficient (Wildman–Crippen LogP) is 3.52. The second-order valence-electron chi connectivity index (χ2n) is 8.98. The Balaban J connectivity index is 1.42. The molecule has 0 aliphatic carbocycles. The fourth-order valence-corrected chi connectivity index (χ4v) is 6.38. The lowest BCUT2D eigenvalue weighted by Gasteiger charge is -2.45. The number of hydrogen-bond acceptors (Lipinski definition) is 5. The van der Waals surface area contributed by atoms with Gasteiger partial charge in [-0.25, -0.2) is 4.39 Å². The lowest BCUT2D eigenvalue weighted by Crippen LogP contribution is -2.57. The largest absolute Gasteiger partial charge is 0.377 e. The van der Waals surface area contributed by atoms with Gasteiger partial charge < -0.3 is 14.4 Å². The molecule has 5 nitrogen and oxygen atoms in total. The van der Waals surface area contributed by atoms with E-state index in [2.05, 4.69) is 17.0 Å². The summed E-state index contributed by atoms with van der Waals surface area (Å²) in [4.78, 5) is 18.3. The molecule has 176 valence electrons. The summed E-state index contributed by atoms with van der Waals surface area (Å²) < 4.78 is 25.5. The van der Waals surface area contributed by atoms with Crippen molar-refractivity contribution in [3.05, 3.63) is 71.0 Å². The number of fused-ring (bicyclic) bond motifs is 1. The molecular formula is C26H31FN2O3S. The van der Waals surface area contributed by atoms with E-state index in [0.29, 0.717) is 19.6 Å². The lowest BCUT2D eigenvalue weighted by molar-refractivity contribution is -0.162. The Labute approximate surface area is 199 Å². The average molecular weight is 471 g/mol. The molecular weight excluding hydrogens is 439 g/mol. The van der Waals surface area contributed by atoms with Crippen LogP contribution in [0.4, 0.5) is 4.39 Å². The molecule has 0 spiro atoms. The summed E-state index contributed by atoms with van der Waals surface area (Å²) in [6.07, 6.45) is 0.923. The monoisotopic (exact) mass is 470 g/mol. The van der Waals surface area contributed by atoms with Crippen LogP contribution in [0.5, 0.6) is 0 Å². The number of halogens is 1. The van der Waals surface area contributed by atoms with E-state index in [1.54, 1.807) is 19.2 Å². The first-order chi connectivity index (χ1) is 16.2.